The van der Waals surface area contributed by atoms with Gasteiger partial charge in [0.15, 0.2) is 0 Å². The number of aromatic amines is 1. The standard InChI is InChI=1S/C21H31N5O4/c1-4-7-12-26-19(22)18(20(28)24-21(26)29)25(6-3)14-17(27)23-15-10-8-9-11-16(15)30-13-5-2/h8-11H,4-7,12-14,22H2,1-3H3,(H,23,27)(H,24,28,29). The molecule has 0 radical (unpaired) electrons. The molecule has 0 saturated heterocycles. The van der Waals surface area contributed by atoms with Crippen LogP contribution in [0.4, 0.5) is 17.2 Å². The van der Waals surface area contributed by atoms with Gasteiger partial charge in [0.25, 0.3) is 5.56 Å². The number of hydrogen-bond acceptors (Lipinski definition) is 6. The Balaban J connectivity index is 2.25. The van der Waals surface area contributed by atoms with E-state index < -0.39 is 11.2 Å². The minimum Gasteiger partial charge on any atom is -0.491 e. The number of amides is 1. The third-order valence-corrected chi connectivity index (χ3v) is 4.60. The zero-order valence-corrected chi connectivity index (χ0v) is 17.9. The molecule has 1 aromatic heterocycles. The first-order chi connectivity index (χ1) is 14.4. The number of rotatable bonds is 11. The Morgan fingerprint density at radius 3 is 2.60 bits per heavy atom. The Morgan fingerprint density at radius 2 is 1.93 bits per heavy atom. The van der Waals surface area contributed by atoms with Crippen LogP contribution in [0, 0.1) is 0 Å². The second-order valence-electron chi connectivity index (χ2n) is 6.91. The summed E-state index contributed by atoms with van der Waals surface area (Å²) >= 11 is 0. The molecule has 0 fully saturated rings. The van der Waals surface area contributed by atoms with E-state index in [1.165, 1.54) is 4.57 Å². The molecule has 0 saturated carbocycles. The van der Waals surface area contributed by atoms with Crippen LogP contribution in [0.25, 0.3) is 0 Å². The van der Waals surface area contributed by atoms with E-state index in [0.717, 1.165) is 19.3 Å². The molecule has 9 nitrogen and oxygen atoms in total. The number of hydrogen-bond donors (Lipinski definition) is 3. The molecule has 0 unspecified atom stereocenters. The molecule has 164 valence electrons. The molecule has 1 amide bonds. The van der Waals surface area contributed by atoms with Crippen LogP contribution < -0.4 is 31.9 Å². The number of benzene rings is 1. The van der Waals surface area contributed by atoms with E-state index in [4.69, 9.17) is 10.5 Å². The van der Waals surface area contributed by atoms with E-state index in [-0.39, 0.29) is 24.0 Å². The highest BCUT2D eigenvalue weighted by atomic mass is 16.5. The Hall–Kier alpha value is -3.23. The molecule has 0 atom stereocenters. The molecule has 0 aliphatic carbocycles. The number of nitrogen functional groups attached to an aromatic ring is 1. The van der Waals surface area contributed by atoms with Gasteiger partial charge < -0.3 is 20.7 Å². The van der Waals surface area contributed by atoms with Crippen molar-refractivity contribution in [3.05, 3.63) is 45.1 Å². The molecule has 0 aliphatic rings. The first-order valence-corrected chi connectivity index (χ1v) is 10.3. The van der Waals surface area contributed by atoms with Crippen molar-refractivity contribution < 1.29 is 9.53 Å². The average Bonchev–Trinajstić information content (AvgIpc) is 2.72. The van der Waals surface area contributed by atoms with Crippen LogP contribution in [0.3, 0.4) is 0 Å². The lowest BCUT2D eigenvalue weighted by molar-refractivity contribution is -0.115. The molecule has 2 rings (SSSR count). The number of para-hydroxylation sites is 2. The summed E-state index contributed by atoms with van der Waals surface area (Å²) in [5, 5.41) is 2.83. The lowest BCUT2D eigenvalue weighted by Gasteiger charge is -2.24. The van der Waals surface area contributed by atoms with Crippen molar-refractivity contribution in [1.82, 2.24) is 9.55 Å². The van der Waals surface area contributed by atoms with Crippen LogP contribution in [0.5, 0.6) is 5.75 Å². The first-order valence-electron chi connectivity index (χ1n) is 10.3. The smallest absolute Gasteiger partial charge is 0.330 e. The van der Waals surface area contributed by atoms with Crippen molar-refractivity contribution in [3.8, 4) is 5.75 Å². The topological polar surface area (TPSA) is 122 Å². The van der Waals surface area contributed by atoms with Crippen LogP contribution >= 0.6 is 0 Å². The van der Waals surface area contributed by atoms with E-state index in [0.29, 0.717) is 31.1 Å². The highest BCUT2D eigenvalue weighted by molar-refractivity contribution is 5.95. The number of nitrogens with two attached hydrogens (primary N) is 1. The van der Waals surface area contributed by atoms with Gasteiger partial charge in [0, 0.05) is 13.1 Å². The summed E-state index contributed by atoms with van der Waals surface area (Å²) in [6.45, 7) is 7.02. The SMILES string of the molecule is CCCCn1c(N)c(N(CC)CC(=O)Nc2ccccc2OCCC)c(=O)[nH]c1=O. The number of anilines is 3. The number of aromatic nitrogens is 2. The predicted molar refractivity (Wildman–Crippen MR) is 119 cm³/mol. The number of unbranched alkanes of at least 4 members (excludes halogenated alkanes) is 1. The fourth-order valence-corrected chi connectivity index (χ4v) is 3.04. The van der Waals surface area contributed by atoms with Crippen molar-refractivity contribution in [1.29, 1.82) is 0 Å². The maximum atomic E-state index is 12.7. The molecule has 0 spiro atoms. The fourth-order valence-electron chi connectivity index (χ4n) is 3.04. The number of likely N-dealkylation sites (N-methyl/N-ethyl adjacent to an activating group) is 1. The van der Waals surface area contributed by atoms with Gasteiger partial charge in [0.05, 0.1) is 18.8 Å². The van der Waals surface area contributed by atoms with Crippen molar-refractivity contribution in [3.63, 3.8) is 0 Å². The van der Waals surface area contributed by atoms with Gasteiger partial charge in [0.2, 0.25) is 5.91 Å². The number of ether oxygens (including phenoxy) is 1. The third kappa shape index (κ3) is 5.65. The van der Waals surface area contributed by atoms with Crippen molar-refractivity contribution in [2.75, 3.05) is 35.6 Å². The minimum absolute atomic E-state index is 0.0681. The molecule has 2 aromatic rings. The van der Waals surface area contributed by atoms with Gasteiger partial charge in [-0.2, -0.15) is 0 Å². The van der Waals surface area contributed by atoms with Crippen molar-refractivity contribution in [2.45, 2.75) is 46.6 Å². The normalized spacial score (nSPS) is 10.6. The predicted octanol–water partition coefficient (Wildman–Crippen LogP) is 2.17. The van der Waals surface area contributed by atoms with Crippen molar-refractivity contribution in [2.24, 2.45) is 0 Å². The number of nitrogens with one attached hydrogen (secondary N) is 2. The molecule has 0 bridgehead atoms. The molecule has 1 heterocycles. The summed E-state index contributed by atoms with van der Waals surface area (Å²) in [7, 11) is 0. The highest BCUT2D eigenvalue weighted by Gasteiger charge is 2.20. The third-order valence-electron chi connectivity index (χ3n) is 4.60. The van der Waals surface area contributed by atoms with Crippen LogP contribution in [0.1, 0.15) is 40.0 Å². The van der Waals surface area contributed by atoms with Gasteiger partial charge in [-0.3, -0.25) is 19.1 Å². The number of H-pyrrole nitrogens is 1. The molecule has 0 aliphatic heterocycles. The Bertz CT molecular complexity index is 967. The van der Waals surface area contributed by atoms with Crippen molar-refractivity contribution >= 4 is 23.1 Å². The van der Waals surface area contributed by atoms with Crippen LogP contribution in [0.15, 0.2) is 33.9 Å². The van der Waals surface area contributed by atoms with Crippen LogP contribution in [0.2, 0.25) is 0 Å². The van der Waals surface area contributed by atoms with Gasteiger partial charge in [-0.05, 0) is 31.9 Å². The Kier molecular flexibility index (Phi) is 8.52. The summed E-state index contributed by atoms with van der Waals surface area (Å²) in [5.74, 6) is 0.328. The Labute approximate surface area is 175 Å². The van der Waals surface area contributed by atoms with E-state index in [1.54, 1.807) is 23.1 Å². The minimum atomic E-state index is -0.605. The molecule has 30 heavy (non-hydrogen) atoms. The summed E-state index contributed by atoms with van der Waals surface area (Å²) in [4.78, 5) is 41.1. The van der Waals surface area contributed by atoms with Gasteiger partial charge in [-0.15, -0.1) is 0 Å². The molecule has 9 heteroatoms. The summed E-state index contributed by atoms with van der Waals surface area (Å²) in [6, 6.07) is 7.18. The summed E-state index contributed by atoms with van der Waals surface area (Å²) in [5.41, 5.74) is 5.69. The van der Waals surface area contributed by atoms with Gasteiger partial charge >= 0.3 is 5.69 Å². The van der Waals surface area contributed by atoms with Gasteiger partial charge in [-0.25, -0.2) is 4.79 Å². The largest absolute Gasteiger partial charge is 0.491 e. The summed E-state index contributed by atoms with van der Waals surface area (Å²) in [6.07, 6.45) is 2.47. The van der Waals surface area contributed by atoms with Crippen LogP contribution in [-0.4, -0.2) is 35.2 Å². The first kappa shape index (κ1) is 23.1. The van der Waals surface area contributed by atoms with E-state index in [2.05, 4.69) is 10.3 Å². The quantitative estimate of drug-likeness (QED) is 0.515. The Morgan fingerprint density at radius 1 is 1.20 bits per heavy atom. The maximum Gasteiger partial charge on any atom is 0.330 e. The lowest BCUT2D eigenvalue weighted by atomic mass is 10.2. The average molecular weight is 418 g/mol. The summed E-state index contributed by atoms with van der Waals surface area (Å²) < 4.78 is 7.01. The monoisotopic (exact) mass is 417 g/mol. The zero-order chi connectivity index (χ0) is 22.1. The molecule has 4 N–H and O–H groups in total. The second-order valence-corrected chi connectivity index (χ2v) is 6.91. The highest BCUT2D eigenvalue weighted by Crippen LogP contribution is 2.24. The lowest BCUT2D eigenvalue weighted by Crippen LogP contribution is -2.41. The maximum absolute atomic E-state index is 12.7. The zero-order valence-electron chi connectivity index (χ0n) is 17.9. The van der Waals surface area contributed by atoms with E-state index >= 15 is 0 Å². The fraction of sp³-hybridized carbons (Fsp3) is 0.476. The van der Waals surface area contributed by atoms with Gasteiger partial charge in [0.1, 0.15) is 17.3 Å². The molecular weight excluding hydrogens is 386 g/mol. The molecular formula is C21H31N5O4. The van der Waals surface area contributed by atoms with E-state index in [9.17, 15) is 14.4 Å². The van der Waals surface area contributed by atoms with E-state index in [1.807, 2.05) is 26.8 Å². The van der Waals surface area contributed by atoms with Crippen LogP contribution in [-0.2, 0) is 11.3 Å². The number of carbonyl (C=O) groups excluding carboxylic acids is 1. The number of carbonyl (C=O) groups is 1. The molecule has 1 aromatic carbocycles. The van der Waals surface area contributed by atoms with Gasteiger partial charge in [-0.1, -0.05) is 32.4 Å². The number of nitrogens with zero attached hydrogens (tertiary/aromatic N) is 2. The second kappa shape index (κ2) is 11.1.